The summed E-state index contributed by atoms with van der Waals surface area (Å²) in [7, 11) is 0. The summed E-state index contributed by atoms with van der Waals surface area (Å²) < 4.78 is 11.1. The minimum Gasteiger partial charge on any atom is -0.486 e. The normalized spacial score (nSPS) is 15.4. The summed E-state index contributed by atoms with van der Waals surface area (Å²) in [4.78, 5) is 0. The number of hydrogen-bond acceptors (Lipinski definition) is 5. The summed E-state index contributed by atoms with van der Waals surface area (Å²) in [6.07, 6.45) is 1.18. The van der Waals surface area contributed by atoms with Crippen LogP contribution in [0.3, 0.4) is 0 Å². The molecule has 1 aliphatic rings. The van der Waals surface area contributed by atoms with Crippen molar-refractivity contribution in [2.45, 2.75) is 19.4 Å². The summed E-state index contributed by atoms with van der Waals surface area (Å²) in [6, 6.07) is 6.17. The Balaban J connectivity index is 2.05. The quantitative estimate of drug-likeness (QED) is 0.470. The van der Waals surface area contributed by atoms with Crippen molar-refractivity contribution in [3.8, 4) is 11.5 Å². The predicted octanol–water partition coefficient (Wildman–Crippen LogP) is 2.11. The number of nitrogens with one attached hydrogen (secondary N) is 1. The van der Waals surface area contributed by atoms with Crippen LogP contribution in [0.25, 0.3) is 0 Å². The minimum absolute atomic E-state index is 0.150. The lowest BCUT2D eigenvalue weighted by atomic mass is 10.1. The van der Waals surface area contributed by atoms with Crippen LogP contribution in [-0.2, 0) is 0 Å². The zero-order valence-corrected chi connectivity index (χ0v) is 11.5. The molecule has 1 atom stereocenters. The van der Waals surface area contributed by atoms with Gasteiger partial charge in [-0.25, -0.2) is 0 Å². The second-order valence-electron chi connectivity index (χ2n) is 4.20. The van der Waals surface area contributed by atoms with Crippen LogP contribution >= 0.6 is 11.8 Å². The smallest absolute Gasteiger partial charge is 0.161 e. The van der Waals surface area contributed by atoms with Crippen molar-refractivity contribution in [3.05, 3.63) is 23.8 Å². The van der Waals surface area contributed by atoms with E-state index in [1.54, 1.807) is 0 Å². The zero-order valence-electron chi connectivity index (χ0n) is 10.6. The van der Waals surface area contributed by atoms with Gasteiger partial charge in [-0.15, -0.1) is 0 Å². The molecule has 0 spiro atoms. The first-order valence-electron chi connectivity index (χ1n) is 6.28. The first-order valence-corrected chi connectivity index (χ1v) is 7.44. The van der Waals surface area contributed by atoms with Crippen LogP contribution in [-0.4, -0.2) is 24.7 Å². The second kappa shape index (κ2) is 6.87. The van der Waals surface area contributed by atoms with Crippen molar-refractivity contribution in [3.63, 3.8) is 0 Å². The first-order chi connectivity index (χ1) is 8.85. The molecule has 0 amide bonds. The maximum Gasteiger partial charge on any atom is 0.161 e. The van der Waals surface area contributed by atoms with Gasteiger partial charge in [0.25, 0.3) is 0 Å². The number of thioether (sulfide) groups is 1. The Morgan fingerprint density at radius 3 is 2.83 bits per heavy atom. The van der Waals surface area contributed by atoms with Crippen LogP contribution in [0.15, 0.2) is 18.2 Å². The number of fused-ring (bicyclic) bond motifs is 1. The Hall–Kier alpha value is -0.910. The lowest BCUT2D eigenvalue weighted by Crippen LogP contribution is -2.30. The van der Waals surface area contributed by atoms with Crippen molar-refractivity contribution < 1.29 is 9.47 Å². The third-order valence-corrected chi connectivity index (χ3v) is 4.07. The molecule has 0 bridgehead atoms. The molecule has 1 aromatic carbocycles. The maximum absolute atomic E-state index is 5.63. The number of hydrogen-bond donors (Lipinski definition) is 2. The zero-order chi connectivity index (χ0) is 12.8. The lowest BCUT2D eigenvalue weighted by Gasteiger charge is -2.21. The van der Waals surface area contributed by atoms with E-state index in [1.807, 2.05) is 30.0 Å². The van der Waals surface area contributed by atoms with Gasteiger partial charge in [-0.05, 0) is 29.9 Å². The van der Waals surface area contributed by atoms with E-state index in [1.165, 1.54) is 6.42 Å². The van der Waals surface area contributed by atoms with Crippen molar-refractivity contribution in [1.29, 1.82) is 0 Å². The highest BCUT2D eigenvalue weighted by Gasteiger charge is 2.16. The molecule has 5 heteroatoms. The maximum atomic E-state index is 5.63. The molecule has 4 nitrogen and oxygen atoms in total. The van der Waals surface area contributed by atoms with E-state index in [0.29, 0.717) is 13.2 Å². The number of benzene rings is 1. The molecule has 1 aliphatic heterocycles. The van der Waals surface area contributed by atoms with Crippen molar-refractivity contribution in [2.24, 2.45) is 5.84 Å². The van der Waals surface area contributed by atoms with Gasteiger partial charge in [0, 0.05) is 5.75 Å². The Labute approximate surface area is 112 Å². The first kappa shape index (κ1) is 13.5. The standard InChI is InChI=1S/C13H20N2O2S/c1-2-7-18-9-11(15-14)10-3-4-12-13(8-10)17-6-5-16-12/h3-4,8,11,15H,2,5-7,9,14H2,1H3. The molecule has 0 saturated heterocycles. The topological polar surface area (TPSA) is 56.5 Å². The second-order valence-corrected chi connectivity index (χ2v) is 5.35. The molecule has 2 rings (SSSR count). The van der Waals surface area contributed by atoms with E-state index >= 15 is 0 Å². The fraction of sp³-hybridized carbons (Fsp3) is 0.538. The van der Waals surface area contributed by atoms with Crippen LogP contribution in [0.5, 0.6) is 11.5 Å². The van der Waals surface area contributed by atoms with Gasteiger partial charge in [-0.2, -0.15) is 11.8 Å². The molecule has 0 radical (unpaired) electrons. The van der Waals surface area contributed by atoms with Gasteiger partial charge >= 0.3 is 0 Å². The van der Waals surface area contributed by atoms with Gasteiger partial charge in [0.15, 0.2) is 11.5 Å². The molecule has 0 aromatic heterocycles. The highest BCUT2D eigenvalue weighted by Crippen LogP contribution is 2.33. The number of hydrazine groups is 1. The summed E-state index contributed by atoms with van der Waals surface area (Å²) >= 11 is 1.90. The Bertz CT molecular complexity index is 387. The average molecular weight is 268 g/mol. The van der Waals surface area contributed by atoms with E-state index in [4.69, 9.17) is 15.3 Å². The fourth-order valence-corrected chi connectivity index (χ4v) is 2.84. The molecule has 18 heavy (non-hydrogen) atoms. The lowest BCUT2D eigenvalue weighted by molar-refractivity contribution is 0.171. The summed E-state index contributed by atoms with van der Waals surface area (Å²) in [5.74, 6) is 9.39. The summed E-state index contributed by atoms with van der Waals surface area (Å²) in [5, 5.41) is 0. The number of rotatable bonds is 6. The van der Waals surface area contributed by atoms with Crippen LogP contribution in [0.2, 0.25) is 0 Å². The summed E-state index contributed by atoms with van der Waals surface area (Å²) in [5.41, 5.74) is 4.01. The Morgan fingerprint density at radius 1 is 1.33 bits per heavy atom. The van der Waals surface area contributed by atoms with Crippen LogP contribution in [0.4, 0.5) is 0 Å². The van der Waals surface area contributed by atoms with E-state index in [2.05, 4.69) is 12.3 Å². The molecule has 1 aromatic rings. The van der Waals surface area contributed by atoms with Crippen LogP contribution < -0.4 is 20.7 Å². The van der Waals surface area contributed by atoms with Gasteiger partial charge in [0.1, 0.15) is 13.2 Å². The third-order valence-electron chi connectivity index (χ3n) is 2.80. The van der Waals surface area contributed by atoms with Crippen molar-refractivity contribution >= 4 is 11.8 Å². The molecular formula is C13H20N2O2S. The van der Waals surface area contributed by atoms with Crippen molar-refractivity contribution in [1.82, 2.24) is 5.43 Å². The Kier molecular flexibility index (Phi) is 5.16. The van der Waals surface area contributed by atoms with Crippen molar-refractivity contribution in [2.75, 3.05) is 24.7 Å². The molecule has 0 saturated carbocycles. The number of nitrogens with two attached hydrogens (primary N) is 1. The van der Waals surface area contributed by atoms with Gasteiger partial charge in [0.05, 0.1) is 6.04 Å². The fourth-order valence-electron chi connectivity index (χ4n) is 1.86. The molecule has 3 N–H and O–H groups in total. The highest BCUT2D eigenvalue weighted by atomic mass is 32.2. The van der Waals surface area contributed by atoms with Gasteiger partial charge in [0.2, 0.25) is 0 Å². The van der Waals surface area contributed by atoms with E-state index < -0.39 is 0 Å². The minimum atomic E-state index is 0.150. The van der Waals surface area contributed by atoms with Gasteiger partial charge in [-0.1, -0.05) is 13.0 Å². The largest absolute Gasteiger partial charge is 0.486 e. The molecule has 0 aliphatic carbocycles. The number of ether oxygens (including phenoxy) is 2. The molecule has 1 unspecified atom stereocenters. The van der Waals surface area contributed by atoms with Crippen LogP contribution in [0.1, 0.15) is 24.9 Å². The molecule has 1 heterocycles. The Morgan fingerprint density at radius 2 is 2.11 bits per heavy atom. The highest BCUT2D eigenvalue weighted by molar-refractivity contribution is 7.99. The monoisotopic (exact) mass is 268 g/mol. The molecule has 0 fully saturated rings. The SMILES string of the molecule is CCCSCC(NN)c1ccc2c(c1)OCCO2. The average Bonchev–Trinajstić information content (AvgIpc) is 2.43. The van der Waals surface area contributed by atoms with E-state index in [9.17, 15) is 0 Å². The van der Waals surface area contributed by atoms with Gasteiger partial charge in [-0.3, -0.25) is 11.3 Å². The van der Waals surface area contributed by atoms with Crippen LogP contribution in [0, 0.1) is 0 Å². The van der Waals surface area contributed by atoms with Gasteiger partial charge < -0.3 is 9.47 Å². The molecular weight excluding hydrogens is 248 g/mol. The predicted molar refractivity (Wildman–Crippen MR) is 75.1 cm³/mol. The van der Waals surface area contributed by atoms with E-state index in [0.717, 1.165) is 28.6 Å². The molecule has 100 valence electrons. The third kappa shape index (κ3) is 3.31. The summed E-state index contributed by atoms with van der Waals surface area (Å²) in [6.45, 7) is 3.42. The van der Waals surface area contributed by atoms with E-state index in [-0.39, 0.29) is 6.04 Å².